The van der Waals surface area contributed by atoms with Crippen molar-refractivity contribution in [2.24, 2.45) is 0 Å². The first-order valence-corrected chi connectivity index (χ1v) is 7.77. The van der Waals surface area contributed by atoms with Crippen molar-refractivity contribution in [1.29, 1.82) is 0 Å². The van der Waals surface area contributed by atoms with Crippen LogP contribution in [0.1, 0.15) is 32.3 Å². The molecule has 0 aliphatic rings. The van der Waals surface area contributed by atoms with Crippen LogP contribution in [-0.2, 0) is 11.3 Å². The Morgan fingerprint density at radius 2 is 2.05 bits per heavy atom. The van der Waals surface area contributed by atoms with E-state index in [9.17, 15) is 0 Å². The van der Waals surface area contributed by atoms with Crippen LogP contribution in [0.5, 0.6) is 5.75 Å². The highest BCUT2D eigenvalue weighted by atomic mass is 79.9. The van der Waals surface area contributed by atoms with Gasteiger partial charge in [0, 0.05) is 30.7 Å². The summed E-state index contributed by atoms with van der Waals surface area (Å²) in [6, 6.07) is 6.13. The van der Waals surface area contributed by atoms with Gasteiger partial charge in [0.2, 0.25) is 0 Å². The summed E-state index contributed by atoms with van der Waals surface area (Å²) in [5.74, 6) is 0.924. The van der Waals surface area contributed by atoms with Gasteiger partial charge >= 0.3 is 0 Å². The van der Waals surface area contributed by atoms with Crippen LogP contribution >= 0.6 is 15.9 Å². The number of ether oxygens (including phenoxy) is 2. The van der Waals surface area contributed by atoms with E-state index < -0.39 is 0 Å². The molecule has 0 atom stereocenters. The third-order valence-electron chi connectivity index (χ3n) is 2.67. The number of rotatable bonds is 10. The molecule has 0 unspecified atom stereocenters. The molecule has 0 aliphatic carbocycles. The van der Waals surface area contributed by atoms with Gasteiger partial charge in [0.25, 0.3) is 0 Å². The van der Waals surface area contributed by atoms with E-state index >= 15 is 0 Å². The Morgan fingerprint density at radius 1 is 1.21 bits per heavy atom. The predicted octanol–water partition coefficient (Wildman–Crippen LogP) is 3.75. The normalized spacial score (nSPS) is 10.7. The smallest absolute Gasteiger partial charge is 0.119 e. The zero-order chi connectivity index (χ0) is 13.9. The molecule has 19 heavy (non-hydrogen) atoms. The topological polar surface area (TPSA) is 30.5 Å². The van der Waals surface area contributed by atoms with Crippen LogP contribution < -0.4 is 10.1 Å². The molecular formula is C15H24BrNO2. The molecule has 0 amide bonds. The summed E-state index contributed by atoms with van der Waals surface area (Å²) in [6.45, 7) is 8.30. The lowest BCUT2D eigenvalue weighted by molar-refractivity contribution is 0.131. The molecule has 0 heterocycles. The quantitative estimate of drug-likeness (QED) is 0.663. The Kier molecular flexibility index (Phi) is 8.88. The van der Waals surface area contributed by atoms with Gasteiger partial charge in [0.05, 0.1) is 6.61 Å². The van der Waals surface area contributed by atoms with E-state index in [1.807, 2.05) is 19.1 Å². The molecule has 0 bridgehead atoms. The molecule has 108 valence electrons. The zero-order valence-corrected chi connectivity index (χ0v) is 13.5. The standard InChI is InChI=1S/C15H24BrNO2/c1-3-8-17-12-13-11-14(6-7-15(13)16)19-10-5-9-18-4-2/h6-7,11,17H,3-5,8-10,12H2,1-2H3. The van der Waals surface area contributed by atoms with Crippen molar-refractivity contribution >= 4 is 15.9 Å². The second-order valence-corrected chi connectivity index (χ2v) is 5.18. The van der Waals surface area contributed by atoms with Crippen LogP contribution in [0.2, 0.25) is 0 Å². The molecule has 3 nitrogen and oxygen atoms in total. The zero-order valence-electron chi connectivity index (χ0n) is 11.9. The SMILES string of the molecule is CCCNCc1cc(OCCCOCC)ccc1Br. The largest absolute Gasteiger partial charge is 0.493 e. The Balaban J connectivity index is 2.39. The lowest BCUT2D eigenvalue weighted by atomic mass is 10.2. The van der Waals surface area contributed by atoms with Gasteiger partial charge in [-0.25, -0.2) is 0 Å². The van der Waals surface area contributed by atoms with E-state index in [1.165, 1.54) is 5.56 Å². The maximum atomic E-state index is 5.73. The maximum Gasteiger partial charge on any atom is 0.119 e. The number of hydrogen-bond donors (Lipinski definition) is 1. The van der Waals surface area contributed by atoms with Gasteiger partial charge in [-0.15, -0.1) is 0 Å². The number of halogens is 1. The van der Waals surface area contributed by atoms with Crippen molar-refractivity contribution in [3.63, 3.8) is 0 Å². The van der Waals surface area contributed by atoms with E-state index in [4.69, 9.17) is 9.47 Å². The Hall–Kier alpha value is -0.580. The Bertz CT molecular complexity index is 358. The minimum absolute atomic E-state index is 0.698. The molecular weight excluding hydrogens is 306 g/mol. The van der Waals surface area contributed by atoms with Crippen molar-refractivity contribution < 1.29 is 9.47 Å². The summed E-state index contributed by atoms with van der Waals surface area (Å²) in [7, 11) is 0. The average Bonchev–Trinajstić information content (AvgIpc) is 2.42. The number of benzene rings is 1. The van der Waals surface area contributed by atoms with Crippen LogP contribution in [-0.4, -0.2) is 26.4 Å². The fourth-order valence-electron chi connectivity index (χ4n) is 1.67. The van der Waals surface area contributed by atoms with Crippen LogP contribution in [0.25, 0.3) is 0 Å². The molecule has 1 aromatic carbocycles. The van der Waals surface area contributed by atoms with Crippen molar-refractivity contribution in [2.45, 2.75) is 33.2 Å². The summed E-state index contributed by atoms with van der Waals surface area (Å²) in [5.41, 5.74) is 1.23. The van der Waals surface area contributed by atoms with E-state index in [-0.39, 0.29) is 0 Å². The van der Waals surface area contributed by atoms with Gasteiger partial charge in [0.1, 0.15) is 5.75 Å². The molecule has 0 spiro atoms. The summed E-state index contributed by atoms with van der Waals surface area (Å²) < 4.78 is 12.1. The van der Waals surface area contributed by atoms with Gasteiger partial charge in [-0.05, 0) is 43.7 Å². The van der Waals surface area contributed by atoms with E-state index in [0.29, 0.717) is 6.61 Å². The molecule has 4 heteroatoms. The molecule has 0 radical (unpaired) electrons. The molecule has 1 rings (SSSR count). The van der Waals surface area contributed by atoms with Crippen molar-refractivity contribution in [3.8, 4) is 5.75 Å². The molecule has 0 aromatic heterocycles. The fourth-order valence-corrected chi connectivity index (χ4v) is 2.06. The Morgan fingerprint density at radius 3 is 2.79 bits per heavy atom. The van der Waals surface area contributed by atoms with Gasteiger partial charge in [-0.2, -0.15) is 0 Å². The first-order chi connectivity index (χ1) is 9.27. The van der Waals surface area contributed by atoms with Crippen LogP contribution in [0.4, 0.5) is 0 Å². The highest BCUT2D eigenvalue weighted by Gasteiger charge is 2.02. The highest BCUT2D eigenvalue weighted by molar-refractivity contribution is 9.10. The lowest BCUT2D eigenvalue weighted by Gasteiger charge is -2.10. The van der Waals surface area contributed by atoms with Gasteiger partial charge in [0.15, 0.2) is 0 Å². The van der Waals surface area contributed by atoms with E-state index in [1.54, 1.807) is 0 Å². The van der Waals surface area contributed by atoms with Crippen LogP contribution in [0.15, 0.2) is 22.7 Å². The fraction of sp³-hybridized carbons (Fsp3) is 0.600. The molecule has 1 aromatic rings. The minimum atomic E-state index is 0.698. The summed E-state index contributed by atoms with van der Waals surface area (Å²) in [4.78, 5) is 0. The van der Waals surface area contributed by atoms with Gasteiger partial charge in [-0.3, -0.25) is 0 Å². The van der Waals surface area contributed by atoms with Crippen LogP contribution in [0.3, 0.4) is 0 Å². The number of hydrogen-bond acceptors (Lipinski definition) is 3. The van der Waals surface area contributed by atoms with E-state index in [0.717, 1.165) is 49.4 Å². The van der Waals surface area contributed by atoms with Gasteiger partial charge in [-0.1, -0.05) is 22.9 Å². The molecule has 0 saturated carbocycles. The highest BCUT2D eigenvalue weighted by Crippen LogP contribution is 2.22. The molecule has 0 saturated heterocycles. The van der Waals surface area contributed by atoms with Crippen molar-refractivity contribution in [3.05, 3.63) is 28.2 Å². The summed E-state index contributed by atoms with van der Waals surface area (Å²) >= 11 is 3.57. The second-order valence-electron chi connectivity index (χ2n) is 4.33. The lowest BCUT2D eigenvalue weighted by Crippen LogP contribution is -2.14. The molecule has 0 fully saturated rings. The van der Waals surface area contributed by atoms with Gasteiger partial charge < -0.3 is 14.8 Å². The third-order valence-corrected chi connectivity index (χ3v) is 3.44. The van der Waals surface area contributed by atoms with Crippen molar-refractivity contribution in [1.82, 2.24) is 5.32 Å². The van der Waals surface area contributed by atoms with E-state index in [2.05, 4.69) is 34.2 Å². The number of nitrogens with one attached hydrogen (secondary N) is 1. The summed E-state index contributed by atoms with van der Waals surface area (Å²) in [6.07, 6.45) is 2.07. The average molecular weight is 330 g/mol. The molecule has 0 aliphatic heterocycles. The monoisotopic (exact) mass is 329 g/mol. The Labute approximate surface area is 124 Å². The summed E-state index contributed by atoms with van der Waals surface area (Å²) in [5, 5.41) is 3.40. The minimum Gasteiger partial charge on any atom is -0.493 e. The first-order valence-electron chi connectivity index (χ1n) is 6.97. The predicted molar refractivity (Wildman–Crippen MR) is 82.7 cm³/mol. The second kappa shape index (κ2) is 10.2. The third kappa shape index (κ3) is 6.95. The van der Waals surface area contributed by atoms with Crippen molar-refractivity contribution in [2.75, 3.05) is 26.4 Å². The first kappa shape index (κ1) is 16.5. The maximum absolute atomic E-state index is 5.73. The molecule has 1 N–H and O–H groups in total. The van der Waals surface area contributed by atoms with Crippen LogP contribution in [0, 0.1) is 0 Å².